The molecule has 1 aromatic rings. The number of aromatic nitrogens is 1. The second-order valence-electron chi connectivity index (χ2n) is 4.16. The molecular weight excluding hydrogens is 234 g/mol. The molecule has 0 aliphatic heterocycles. The number of hydrogen-bond donors (Lipinski definition) is 0. The standard InChI is InChI=1S/C13H17NO4/c1-9(10-7-5-6-8-14-10)13(2,11(15)17-3)12(16)18-4/h5-9H,1-4H3/t9-/m0/s1. The molecule has 0 unspecified atom stereocenters. The number of esters is 2. The van der Waals surface area contributed by atoms with Crippen molar-refractivity contribution in [2.75, 3.05) is 14.2 Å². The van der Waals surface area contributed by atoms with Crippen LogP contribution in [-0.4, -0.2) is 31.1 Å². The number of hydrogen-bond acceptors (Lipinski definition) is 5. The van der Waals surface area contributed by atoms with E-state index in [1.165, 1.54) is 21.1 Å². The highest BCUT2D eigenvalue weighted by atomic mass is 16.5. The van der Waals surface area contributed by atoms with Gasteiger partial charge in [-0.3, -0.25) is 14.6 Å². The molecule has 98 valence electrons. The SMILES string of the molecule is COC(=O)C(C)(C(=O)OC)[C@@H](C)c1ccccn1. The smallest absolute Gasteiger partial charge is 0.323 e. The van der Waals surface area contributed by atoms with Crippen molar-refractivity contribution in [3.8, 4) is 0 Å². The largest absolute Gasteiger partial charge is 0.468 e. The molecule has 0 amide bonds. The highest BCUT2D eigenvalue weighted by Gasteiger charge is 2.49. The first kappa shape index (κ1) is 14.2. The second kappa shape index (κ2) is 5.62. The average molecular weight is 251 g/mol. The van der Waals surface area contributed by atoms with E-state index >= 15 is 0 Å². The molecule has 0 N–H and O–H groups in total. The van der Waals surface area contributed by atoms with E-state index in [-0.39, 0.29) is 0 Å². The van der Waals surface area contributed by atoms with E-state index in [1.54, 1.807) is 31.3 Å². The van der Waals surface area contributed by atoms with Crippen molar-refractivity contribution >= 4 is 11.9 Å². The van der Waals surface area contributed by atoms with Crippen LogP contribution in [0.5, 0.6) is 0 Å². The Bertz CT molecular complexity index is 414. The fourth-order valence-corrected chi connectivity index (χ4v) is 1.79. The number of nitrogens with zero attached hydrogens (tertiary/aromatic N) is 1. The predicted octanol–water partition coefficient (Wildman–Crippen LogP) is 1.54. The van der Waals surface area contributed by atoms with Gasteiger partial charge in [-0.25, -0.2) is 0 Å². The molecule has 5 heteroatoms. The normalized spacial score (nSPS) is 12.7. The molecule has 0 spiro atoms. The molecule has 0 fully saturated rings. The lowest BCUT2D eigenvalue weighted by Gasteiger charge is -2.29. The molecule has 1 aromatic heterocycles. The summed E-state index contributed by atoms with van der Waals surface area (Å²) in [7, 11) is 2.49. The van der Waals surface area contributed by atoms with Crippen molar-refractivity contribution in [2.24, 2.45) is 5.41 Å². The van der Waals surface area contributed by atoms with Gasteiger partial charge in [0.2, 0.25) is 0 Å². The van der Waals surface area contributed by atoms with Gasteiger partial charge >= 0.3 is 11.9 Å². The molecule has 0 radical (unpaired) electrons. The van der Waals surface area contributed by atoms with Crippen molar-refractivity contribution in [3.63, 3.8) is 0 Å². The Labute approximate surface area is 106 Å². The van der Waals surface area contributed by atoms with Crippen LogP contribution in [0.1, 0.15) is 25.5 Å². The maximum Gasteiger partial charge on any atom is 0.323 e. The first-order valence-corrected chi connectivity index (χ1v) is 5.56. The zero-order valence-electron chi connectivity index (χ0n) is 11.0. The van der Waals surface area contributed by atoms with Gasteiger partial charge < -0.3 is 9.47 Å². The Morgan fingerprint density at radius 1 is 1.22 bits per heavy atom. The zero-order chi connectivity index (χ0) is 13.8. The summed E-state index contributed by atoms with van der Waals surface area (Å²) in [4.78, 5) is 28.0. The summed E-state index contributed by atoms with van der Waals surface area (Å²) in [6.45, 7) is 3.25. The summed E-state index contributed by atoms with van der Waals surface area (Å²) < 4.78 is 9.43. The van der Waals surface area contributed by atoms with Crippen molar-refractivity contribution in [3.05, 3.63) is 30.1 Å². The van der Waals surface area contributed by atoms with Crippen LogP contribution in [0, 0.1) is 5.41 Å². The average Bonchev–Trinajstić information content (AvgIpc) is 2.44. The zero-order valence-corrected chi connectivity index (χ0v) is 11.0. The third-order valence-electron chi connectivity index (χ3n) is 3.22. The maximum absolute atomic E-state index is 11.9. The molecule has 0 saturated heterocycles. The number of ether oxygens (including phenoxy) is 2. The third kappa shape index (κ3) is 2.34. The molecule has 18 heavy (non-hydrogen) atoms. The van der Waals surface area contributed by atoms with Crippen molar-refractivity contribution in [2.45, 2.75) is 19.8 Å². The molecule has 1 heterocycles. The monoisotopic (exact) mass is 251 g/mol. The first-order valence-electron chi connectivity index (χ1n) is 5.56. The Balaban J connectivity index is 3.20. The van der Waals surface area contributed by atoms with E-state index in [2.05, 4.69) is 4.98 Å². The van der Waals surface area contributed by atoms with Gasteiger partial charge in [-0.1, -0.05) is 13.0 Å². The van der Waals surface area contributed by atoms with E-state index in [1.807, 2.05) is 0 Å². The van der Waals surface area contributed by atoms with Crippen LogP contribution >= 0.6 is 0 Å². The molecule has 1 atom stereocenters. The maximum atomic E-state index is 11.9. The van der Waals surface area contributed by atoms with Gasteiger partial charge in [0.05, 0.1) is 14.2 Å². The van der Waals surface area contributed by atoms with Gasteiger partial charge in [-0.2, -0.15) is 0 Å². The Kier molecular flexibility index (Phi) is 4.42. The van der Waals surface area contributed by atoms with E-state index in [4.69, 9.17) is 9.47 Å². The van der Waals surface area contributed by atoms with E-state index in [0.29, 0.717) is 5.69 Å². The fraction of sp³-hybridized carbons (Fsp3) is 0.462. The van der Waals surface area contributed by atoms with Crippen LogP contribution in [0.3, 0.4) is 0 Å². The first-order chi connectivity index (χ1) is 8.48. The summed E-state index contributed by atoms with van der Waals surface area (Å²) in [5.74, 6) is -1.71. The number of rotatable bonds is 4. The minimum atomic E-state index is -1.40. The number of pyridine rings is 1. The highest BCUT2D eigenvalue weighted by Crippen LogP contribution is 2.36. The lowest BCUT2D eigenvalue weighted by atomic mass is 9.76. The molecule has 0 aliphatic rings. The van der Waals surface area contributed by atoms with Gasteiger partial charge in [0.15, 0.2) is 5.41 Å². The third-order valence-corrected chi connectivity index (χ3v) is 3.22. The Morgan fingerprint density at radius 2 is 1.78 bits per heavy atom. The van der Waals surface area contributed by atoms with Crippen molar-refractivity contribution in [1.82, 2.24) is 4.98 Å². The summed E-state index contributed by atoms with van der Waals surface area (Å²) in [6, 6.07) is 5.33. The van der Waals surface area contributed by atoms with Crippen LogP contribution < -0.4 is 0 Å². The predicted molar refractivity (Wildman–Crippen MR) is 64.8 cm³/mol. The minimum absolute atomic E-state index is 0.446. The van der Waals surface area contributed by atoms with Gasteiger partial charge in [0.25, 0.3) is 0 Å². The second-order valence-corrected chi connectivity index (χ2v) is 4.16. The Hall–Kier alpha value is -1.91. The van der Waals surface area contributed by atoms with E-state index < -0.39 is 23.3 Å². The summed E-state index contributed by atoms with van der Waals surface area (Å²) in [5.41, 5.74) is -0.770. The topological polar surface area (TPSA) is 65.5 Å². The van der Waals surface area contributed by atoms with Crippen LogP contribution in [0.2, 0.25) is 0 Å². The summed E-state index contributed by atoms with van der Waals surface area (Å²) in [5, 5.41) is 0. The van der Waals surface area contributed by atoms with Crippen LogP contribution in [-0.2, 0) is 19.1 Å². The number of carbonyl (C=O) groups is 2. The van der Waals surface area contributed by atoms with Crippen LogP contribution in [0.25, 0.3) is 0 Å². The summed E-state index contributed by atoms with van der Waals surface area (Å²) in [6.07, 6.45) is 1.61. The van der Waals surface area contributed by atoms with Gasteiger partial charge in [-0.05, 0) is 19.1 Å². The quantitative estimate of drug-likeness (QED) is 0.600. The highest BCUT2D eigenvalue weighted by molar-refractivity contribution is 6.00. The fourth-order valence-electron chi connectivity index (χ4n) is 1.79. The summed E-state index contributed by atoms with van der Waals surface area (Å²) >= 11 is 0. The molecule has 0 bridgehead atoms. The minimum Gasteiger partial charge on any atom is -0.468 e. The van der Waals surface area contributed by atoms with Crippen LogP contribution in [0.4, 0.5) is 0 Å². The molecule has 1 rings (SSSR count). The Morgan fingerprint density at radius 3 is 2.17 bits per heavy atom. The van der Waals surface area contributed by atoms with E-state index in [9.17, 15) is 9.59 Å². The number of carbonyl (C=O) groups excluding carboxylic acids is 2. The van der Waals surface area contributed by atoms with Gasteiger partial charge in [0, 0.05) is 17.8 Å². The van der Waals surface area contributed by atoms with E-state index in [0.717, 1.165) is 0 Å². The van der Waals surface area contributed by atoms with Crippen molar-refractivity contribution < 1.29 is 19.1 Å². The molecule has 5 nitrogen and oxygen atoms in total. The lowest BCUT2D eigenvalue weighted by Crippen LogP contribution is -2.43. The van der Waals surface area contributed by atoms with Crippen molar-refractivity contribution in [1.29, 1.82) is 0 Å². The molecule has 0 saturated carbocycles. The van der Waals surface area contributed by atoms with Gasteiger partial charge in [0.1, 0.15) is 0 Å². The molecule has 0 aromatic carbocycles. The molecule has 0 aliphatic carbocycles. The number of methoxy groups -OCH3 is 2. The van der Waals surface area contributed by atoms with Crippen LogP contribution in [0.15, 0.2) is 24.4 Å². The molecular formula is C13H17NO4. The lowest BCUT2D eigenvalue weighted by molar-refractivity contribution is -0.169. The van der Waals surface area contributed by atoms with Gasteiger partial charge in [-0.15, -0.1) is 0 Å².